The van der Waals surface area contributed by atoms with E-state index in [0.717, 1.165) is 12.8 Å². The number of carbonyl (C=O) groups excluding carboxylic acids is 1. The summed E-state index contributed by atoms with van der Waals surface area (Å²) in [5.41, 5.74) is 5.49. The van der Waals surface area contributed by atoms with Gasteiger partial charge in [0.15, 0.2) is 5.84 Å². The number of rotatable bonds is 4. The van der Waals surface area contributed by atoms with E-state index in [2.05, 4.69) is 10.5 Å². The van der Waals surface area contributed by atoms with E-state index in [4.69, 9.17) is 10.9 Å². The Hall–Kier alpha value is -1.26. The van der Waals surface area contributed by atoms with Crippen molar-refractivity contribution in [2.24, 2.45) is 22.7 Å². The largest absolute Gasteiger partial charge is 0.409 e. The molecule has 1 rings (SSSR count). The molecule has 0 aromatic carbocycles. The molecule has 1 aliphatic carbocycles. The molecule has 4 N–H and O–H groups in total. The molecule has 1 atom stereocenters. The van der Waals surface area contributed by atoms with Crippen LogP contribution in [0.4, 0.5) is 0 Å². The second-order valence-corrected chi connectivity index (χ2v) is 4.38. The van der Waals surface area contributed by atoms with Crippen LogP contribution in [0.2, 0.25) is 0 Å². The first-order valence-electron chi connectivity index (χ1n) is 5.34. The van der Waals surface area contributed by atoms with E-state index in [9.17, 15) is 4.79 Å². The SMILES string of the molecule is CC(C)C(C(=O)NC1CCC1)C(N)=NO. The summed E-state index contributed by atoms with van der Waals surface area (Å²) in [5.74, 6) is -0.650. The first-order valence-corrected chi connectivity index (χ1v) is 5.34. The molecule has 0 radical (unpaired) electrons. The van der Waals surface area contributed by atoms with Gasteiger partial charge in [0.2, 0.25) is 5.91 Å². The van der Waals surface area contributed by atoms with Crippen molar-refractivity contribution in [1.29, 1.82) is 0 Å². The van der Waals surface area contributed by atoms with Crippen LogP contribution in [-0.4, -0.2) is 23.0 Å². The molecular formula is C10H19N3O2. The number of nitrogens with two attached hydrogens (primary N) is 1. The number of oxime groups is 1. The quantitative estimate of drug-likeness (QED) is 0.277. The van der Waals surface area contributed by atoms with Crippen LogP contribution in [0.1, 0.15) is 33.1 Å². The fourth-order valence-electron chi connectivity index (χ4n) is 1.68. The lowest BCUT2D eigenvalue weighted by Crippen LogP contribution is -2.47. The van der Waals surface area contributed by atoms with Crippen molar-refractivity contribution in [3.8, 4) is 0 Å². The van der Waals surface area contributed by atoms with Crippen molar-refractivity contribution in [2.75, 3.05) is 0 Å². The van der Waals surface area contributed by atoms with Crippen molar-refractivity contribution in [3.05, 3.63) is 0 Å². The van der Waals surface area contributed by atoms with E-state index in [0.29, 0.717) is 0 Å². The van der Waals surface area contributed by atoms with Crippen molar-refractivity contribution in [3.63, 3.8) is 0 Å². The fraction of sp³-hybridized carbons (Fsp3) is 0.800. The number of hydrogen-bond acceptors (Lipinski definition) is 3. The van der Waals surface area contributed by atoms with Crippen LogP contribution in [0.3, 0.4) is 0 Å². The van der Waals surface area contributed by atoms with Crippen molar-refractivity contribution in [1.82, 2.24) is 5.32 Å². The lowest BCUT2D eigenvalue weighted by atomic mass is 9.89. The normalized spacial score (nSPS) is 19.8. The molecule has 5 nitrogen and oxygen atoms in total. The molecular weight excluding hydrogens is 194 g/mol. The van der Waals surface area contributed by atoms with Crippen LogP contribution in [0.25, 0.3) is 0 Å². The minimum atomic E-state index is -0.532. The van der Waals surface area contributed by atoms with Crippen molar-refractivity contribution < 1.29 is 10.0 Å². The zero-order valence-corrected chi connectivity index (χ0v) is 9.23. The monoisotopic (exact) mass is 213 g/mol. The Kier molecular flexibility index (Phi) is 3.94. The average molecular weight is 213 g/mol. The molecule has 15 heavy (non-hydrogen) atoms. The van der Waals surface area contributed by atoms with Gasteiger partial charge >= 0.3 is 0 Å². The Morgan fingerprint density at radius 1 is 1.53 bits per heavy atom. The summed E-state index contributed by atoms with van der Waals surface area (Å²) in [6, 6.07) is 0.283. The molecule has 0 heterocycles. The minimum absolute atomic E-state index is 0.0122. The molecule has 86 valence electrons. The van der Waals surface area contributed by atoms with Crippen LogP contribution >= 0.6 is 0 Å². The number of nitrogens with zero attached hydrogens (tertiary/aromatic N) is 1. The van der Waals surface area contributed by atoms with Gasteiger partial charge in [-0.3, -0.25) is 4.79 Å². The summed E-state index contributed by atoms with van der Waals surface area (Å²) in [6.45, 7) is 3.76. The second-order valence-electron chi connectivity index (χ2n) is 4.38. The van der Waals surface area contributed by atoms with E-state index in [-0.39, 0.29) is 23.7 Å². The molecule has 1 fully saturated rings. The van der Waals surface area contributed by atoms with Crippen LogP contribution < -0.4 is 11.1 Å². The van der Waals surface area contributed by atoms with Gasteiger partial charge in [-0.1, -0.05) is 19.0 Å². The van der Waals surface area contributed by atoms with Gasteiger partial charge in [0, 0.05) is 6.04 Å². The maximum Gasteiger partial charge on any atom is 0.231 e. The third-order valence-corrected chi connectivity index (χ3v) is 2.83. The predicted molar refractivity (Wildman–Crippen MR) is 57.5 cm³/mol. The summed E-state index contributed by atoms with van der Waals surface area (Å²) in [5, 5.41) is 14.4. The maximum absolute atomic E-state index is 11.8. The average Bonchev–Trinajstić information content (AvgIpc) is 2.10. The molecule has 1 aliphatic rings. The summed E-state index contributed by atoms with van der Waals surface area (Å²) in [6.07, 6.45) is 3.24. The first-order chi connectivity index (χ1) is 7.06. The highest BCUT2D eigenvalue weighted by atomic mass is 16.4. The number of amidine groups is 1. The minimum Gasteiger partial charge on any atom is -0.409 e. The predicted octanol–water partition coefficient (Wildman–Crippen LogP) is 0.674. The van der Waals surface area contributed by atoms with Gasteiger partial charge in [-0.2, -0.15) is 0 Å². The highest BCUT2D eigenvalue weighted by molar-refractivity contribution is 6.02. The van der Waals surface area contributed by atoms with E-state index < -0.39 is 5.92 Å². The Morgan fingerprint density at radius 3 is 2.47 bits per heavy atom. The number of hydrogen-bond donors (Lipinski definition) is 3. The van der Waals surface area contributed by atoms with Gasteiger partial charge in [0.1, 0.15) is 5.92 Å². The molecule has 1 amide bonds. The van der Waals surface area contributed by atoms with Crippen molar-refractivity contribution >= 4 is 11.7 Å². The van der Waals surface area contributed by atoms with Crippen molar-refractivity contribution in [2.45, 2.75) is 39.2 Å². The fourth-order valence-corrected chi connectivity index (χ4v) is 1.68. The number of nitrogens with one attached hydrogen (secondary N) is 1. The van der Waals surface area contributed by atoms with Gasteiger partial charge in [0.05, 0.1) is 0 Å². The van der Waals surface area contributed by atoms with Gasteiger partial charge in [0.25, 0.3) is 0 Å². The van der Waals surface area contributed by atoms with E-state index in [1.54, 1.807) is 0 Å². The molecule has 1 unspecified atom stereocenters. The summed E-state index contributed by atoms with van der Waals surface area (Å²) < 4.78 is 0. The van der Waals surface area contributed by atoms with E-state index in [1.165, 1.54) is 6.42 Å². The lowest BCUT2D eigenvalue weighted by molar-refractivity contribution is -0.125. The first kappa shape index (κ1) is 11.8. The van der Waals surface area contributed by atoms with Gasteiger partial charge in [-0.25, -0.2) is 0 Å². The third kappa shape index (κ3) is 2.84. The highest BCUT2D eigenvalue weighted by Crippen LogP contribution is 2.20. The smallest absolute Gasteiger partial charge is 0.231 e. The molecule has 0 bridgehead atoms. The standard InChI is InChI=1S/C10H19N3O2/c1-6(2)8(9(11)13-15)10(14)12-7-4-3-5-7/h6-8,15H,3-5H2,1-2H3,(H2,11,13)(H,12,14). The summed E-state index contributed by atoms with van der Waals surface area (Å²) >= 11 is 0. The Morgan fingerprint density at radius 2 is 2.13 bits per heavy atom. The van der Waals surface area contributed by atoms with Gasteiger partial charge < -0.3 is 16.3 Å². The Labute approximate surface area is 89.7 Å². The van der Waals surface area contributed by atoms with Crippen LogP contribution in [0.5, 0.6) is 0 Å². The summed E-state index contributed by atoms with van der Waals surface area (Å²) in [4.78, 5) is 11.8. The van der Waals surface area contributed by atoms with Gasteiger partial charge in [-0.15, -0.1) is 0 Å². The third-order valence-electron chi connectivity index (χ3n) is 2.83. The summed E-state index contributed by atoms with van der Waals surface area (Å²) in [7, 11) is 0. The molecule has 0 spiro atoms. The number of carbonyl (C=O) groups is 1. The van der Waals surface area contributed by atoms with E-state index in [1.807, 2.05) is 13.8 Å². The maximum atomic E-state index is 11.8. The van der Waals surface area contributed by atoms with E-state index >= 15 is 0 Å². The molecule has 5 heteroatoms. The zero-order valence-electron chi connectivity index (χ0n) is 9.23. The zero-order chi connectivity index (χ0) is 11.4. The molecule has 1 saturated carbocycles. The lowest BCUT2D eigenvalue weighted by Gasteiger charge is -2.29. The Bertz CT molecular complexity index is 259. The molecule has 0 aromatic rings. The van der Waals surface area contributed by atoms with Crippen LogP contribution in [0.15, 0.2) is 5.16 Å². The Balaban J connectivity index is 2.58. The number of amides is 1. The van der Waals surface area contributed by atoms with Crippen LogP contribution in [-0.2, 0) is 4.79 Å². The van der Waals surface area contributed by atoms with Gasteiger partial charge in [-0.05, 0) is 25.2 Å². The second kappa shape index (κ2) is 5.00. The topological polar surface area (TPSA) is 87.7 Å². The molecule has 0 aromatic heterocycles. The van der Waals surface area contributed by atoms with Crippen LogP contribution in [0, 0.1) is 11.8 Å². The molecule has 0 aliphatic heterocycles. The molecule has 0 saturated heterocycles. The highest BCUT2D eigenvalue weighted by Gasteiger charge is 2.29.